The van der Waals surface area contributed by atoms with E-state index in [2.05, 4.69) is 24.1 Å². The second kappa shape index (κ2) is 5.87. The van der Waals surface area contributed by atoms with E-state index in [0.717, 1.165) is 6.42 Å². The van der Waals surface area contributed by atoms with Crippen LogP contribution in [0.4, 0.5) is 5.69 Å². The van der Waals surface area contributed by atoms with Crippen LogP contribution in [0.1, 0.15) is 37.6 Å². The lowest BCUT2D eigenvalue weighted by Crippen LogP contribution is -2.37. The molecule has 2 unspecified atom stereocenters. The van der Waals surface area contributed by atoms with Crippen molar-refractivity contribution in [2.24, 2.45) is 5.92 Å². The minimum atomic E-state index is -0.234. The number of carbonyl (C=O) groups excluding carboxylic acids is 1. The predicted molar refractivity (Wildman–Crippen MR) is 70.0 cm³/mol. The fraction of sp³-hybridized carbons (Fsp3) is 0.500. The van der Waals surface area contributed by atoms with E-state index in [1.807, 2.05) is 6.92 Å². The standard InChI is InChI=1S/C12H18ClN3O/c1-4-7(2)8(3)16-12(17)10-5-9(14)6-15-11(10)13/h5-8H,4,14H2,1-3H3,(H,16,17). The second-order valence-electron chi connectivity index (χ2n) is 4.25. The lowest BCUT2D eigenvalue weighted by molar-refractivity contribution is 0.0928. The van der Waals surface area contributed by atoms with Gasteiger partial charge in [0.2, 0.25) is 0 Å². The highest BCUT2D eigenvalue weighted by atomic mass is 35.5. The van der Waals surface area contributed by atoms with Gasteiger partial charge in [0.25, 0.3) is 5.91 Å². The summed E-state index contributed by atoms with van der Waals surface area (Å²) >= 11 is 5.86. The molecule has 0 aromatic carbocycles. The van der Waals surface area contributed by atoms with Crippen molar-refractivity contribution in [3.8, 4) is 0 Å². The first-order valence-corrected chi connectivity index (χ1v) is 6.05. The molecule has 0 spiro atoms. The second-order valence-corrected chi connectivity index (χ2v) is 4.61. The first-order valence-electron chi connectivity index (χ1n) is 5.67. The number of anilines is 1. The molecule has 5 heteroatoms. The minimum absolute atomic E-state index is 0.0880. The Labute approximate surface area is 107 Å². The van der Waals surface area contributed by atoms with E-state index in [1.165, 1.54) is 12.3 Å². The van der Waals surface area contributed by atoms with E-state index < -0.39 is 0 Å². The van der Waals surface area contributed by atoms with Crippen LogP contribution >= 0.6 is 11.6 Å². The van der Waals surface area contributed by atoms with Gasteiger partial charge in [-0.05, 0) is 18.9 Å². The Hall–Kier alpha value is -1.29. The maximum absolute atomic E-state index is 12.0. The Morgan fingerprint density at radius 1 is 1.59 bits per heavy atom. The number of nitrogen functional groups attached to an aromatic ring is 1. The van der Waals surface area contributed by atoms with Crippen molar-refractivity contribution in [3.63, 3.8) is 0 Å². The Kier molecular flexibility index (Phi) is 4.75. The first-order chi connectivity index (χ1) is 7.95. The average molecular weight is 256 g/mol. The van der Waals surface area contributed by atoms with Crippen molar-refractivity contribution < 1.29 is 4.79 Å². The van der Waals surface area contributed by atoms with Crippen LogP contribution in [0.3, 0.4) is 0 Å². The van der Waals surface area contributed by atoms with Crippen LogP contribution in [-0.4, -0.2) is 16.9 Å². The molecule has 0 aliphatic carbocycles. The van der Waals surface area contributed by atoms with E-state index in [-0.39, 0.29) is 17.1 Å². The van der Waals surface area contributed by atoms with Gasteiger partial charge in [0.1, 0.15) is 5.15 Å². The highest BCUT2D eigenvalue weighted by Gasteiger charge is 2.17. The normalized spacial score (nSPS) is 14.1. The van der Waals surface area contributed by atoms with Gasteiger partial charge in [0, 0.05) is 6.04 Å². The fourth-order valence-electron chi connectivity index (χ4n) is 1.40. The number of amides is 1. The van der Waals surface area contributed by atoms with E-state index in [1.54, 1.807) is 0 Å². The van der Waals surface area contributed by atoms with Gasteiger partial charge < -0.3 is 11.1 Å². The lowest BCUT2D eigenvalue weighted by atomic mass is 10.0. The Bertz CT molecular complexity index is 409. The molecule has 0 saturated heterocycles. The molecule has 0 bridgehead atoms. The van der Waals surface area contributed by atoms with Crippen LogP contribution < -0.4 is 11.1 Å². The number of hydrogen-bond acceptors (Lipinski definition) is 3. The maximum Gasteiger partial charge on any atom is 0.254 e. The zero-order valence-corrected chi connectivity index (χ0v) is 11.1. The minimum Gasteiger partial charge on any atom is -0.397 e. The van der Waals surface area contributed by atoms with Gasteiger partial charge >= 0.3 is 0 Å². The van der Waals surface area contributed by atoms with Gasteiger partial charge in [-0.3, -0.25) is 4.79 Å². The predicted octanol–water partition coefficient (Wildman–Crippen LogP) is 2.48. The van der Waals surface area contributed by atoms with E-state index in [4.69, 9.17) is 17.3 Å². The third-order valence-corrected chi connectivity index (χ3v) is 3.26. The molecule has 0 aliphatic rings. The van der Waals surface area contributed by atoms with Crippen molar-refractivity contribution in [2.45, 2.75) is 33.2 Å². The van der Waals surface area contributed by atoms with E-state index in [0.29, 0.717) is 17.2 Å². The SMILES string of the molecule is CCC(C)C(C)NC(=O)c1cc(N)cnc1Cl. The number of aromatic nitrogens is 1. The van der Waals surface area contributed by atoms with Crippen LogP contribution in [-0.2, 0) is 0 Å². The monoisotopic (exact) mass is 255 g/mol. The van der Waals surface area contributed by atoms with Crippen LogP contribution in [0.25, 0.3) is 0 Å². The van der Waals surface area contributed by atoms with Crippen molar-refractivity contribution in [1.29, 1.82) is 0 Å². The molecule has 0 aliphatic heterocycles. The summed E-state index contributed by atoms with van der Waals surface area (Å²) in [4.78, 5) is 15.8. The molecule has 3 N–H and O–H groups in total. The largest absolute Gasteiger partial charge is 0.397 e. The topological polar surface area (TPSA) is 68.0 Å². The highest BCUT2D eigenvalue weighted by molar-refractivity contribution is 6.32. The van der Waals surface area contributed by atoms with E-state index >= 15 is 0 Å². The summed E-state index contributed by atoms with van der Waals surface area (Å²) in [5.41, 5.74) is 6.33. The van der Waals surface area contributed by atoms with Gasteiger partial charge in [-0.2, -0.15) is 0 Å². The quantitative estimate of drug-likeness (QED) is 0.813. The molecular weight excluding hydrogens is 238 g/mol. The number of rotatable bonds is 4. The molecule has 0 radical (unpaired) electrons. The molecule has 94 valence electrons. The summed E-state index contributed by atoms with van der Waals surface area (Å²) in [5, 5.41) is 3.07. The van der Waals surface area contributed by atoms with Gasteiger partial charge in [0.05, 0.1) is 17.4 Å². The van der Waals surface area contributed by atoms with Gasteiger partial charge in [-0.25, -0.2) is 4.98 Å². The maximum atomic E-state index is 12.0. The van der Waals surface area contributed by atoms with Crippen LogP contribution in [0.15, 0.2) is 12.3 Å². The van der Waals surface area contributed by atoms with Crippen molar-refractivity contribution in [2.75, 3.05) is 5.73 Å². The van der Waals surface area contributed by atoms with Crippen molar-refractivity contribution in [3.05, 3.63) is 23.0 Å². The molecule has 2 atom stereocenters. The molecule has 1 rings (SSSR count). The Morgan fingerprint density at radius 2 is 2.24 bits per heavy atom. The summed E-state index contributed by atoms with van der Waals surface area (Å²) in [6, 6.07) is 1.62. The summed E-state index contributed by atoms with van der Waals surface area (Å²) in [6.45, 7) is 6.15. The van der Waals surface area contributed by atoms with Crippen molar-refractivity contribution in [1.82, 2.24) is 10.3 Å². The highest BCUT2D eigenvalue weighted by Crippen LogP contribution is 2.16. The lowest BCUT2D eigenvalue weighted by Gasteiger charge is -2.20. The number of nitrogens with two attached hydrogens (primary N) is 1. The zero-order chi connectivity index (χ0) is 13.0. The van der Waals surface area contributed by atoms with Gasteiger partial charge in [-0.1, -0.05) is 31.9 Å². The summed E-state index contributed by atoms with van der Waals surface area (Å²) in [7, 11) is 0. The van der Waals surface area contributed by atoms with Crippen LogP contribution in [0.5, 0.6) is 0 Å². The third kappa shape index (κ3) is 3.60. The molecule has 17 heavy (non-hydrogen) atoms. The molecular formula is C12H18ClN3O. The molecule has 4 nitrogen and oxygen atoms in total. The molecule has 1 aromatic heterocycles. The summed E-state index contributed by atoms with van der Waals surface area (Å²) < 4.78 is 0. The first kappa shape index (κ1) is 13.8. The third-order valence-electron chi connectivity index (χ3n) is 2.96. The van der Waals surface area contributed by atoms with Gasteiger partial charge in [0.15, 0.2) is 0 Å². The van der Waals surface area contributed by atoms with Crippen molar-refractivity contribution >= 4 is 23.2 Å². The number of pyridine rings is 1. The Balaban J connectivity index is 2.79. The number of halogens is 1. The average Bonchev–Trinajstić information content (AvgIpc) is 2.30. The zero-order valence-electron chi connectivity index (χ0n) is 10.3. The molecule has 0 saturated carbocycles. The number of nitrogens with one attached hydrogen (secondary N) is 1. The van der Waals surface area contributed by atoms with Crippen LogP contribution in [0, 0.1) is 5.92 Å². The molecule has 1 amide bonds. The molecule has 0 fully saturated rings. The number of hydrogen-bond donors (Lipinski definition) is 2. The van der Waals surface area contributed by atoms with Crippen LogP contribution in [0.2, 0.25) is 5.15 Å². The smallest absolute Gasteiger partial charge is 0.254 e. The summed E-state index contributed by atoms with van der Waals surface area (Å²) in [5.74, 6) is 0.175. The fourth-order valence-corrected chi connectivity index (χ4v) is 1.59. The van der Waals surface area contributed by atoms with Gasteiger partial charge in [-0.15, -0.1) is 0 Å². The number of carbonyl (C=O) groups is 1. The molecule has 1 heterocycles. The molecule has 1 aromatic rings. The number of nitrogens with zero attached hydrogens (tertiary/aromatic N) is 1. The summed E-state index contributed by atoms with van der Waals surface area (Å²) in [6.07, 6.45) is 2.43. The Morgan fingerprint density at radius 3 is 2.82 bits per heavy atom. The van der Waals surface area contributed by atoms with E-state index in [9.17, 15) is 4.79 Å².